The van der Waals surface area contributed by atoms with Crippen molar-refractivity contribution >= 4 is 11.9 Å². The van der Waals surface area contributed by atoms with Crippen LogP contribution < -0.4 is 0 Å². The molecule has 0 aromatic carbocycles. The van der Waals surface area contributed by atoms with Gasteiger partial charge in [-0.05, 0) is 18.8 Å². The predicted molar refractivity (Wildman–Crippen MR) is 150 cm³/mol. The minimum atomic E-state index is -0.953. The summed E-state index contributed by atoms with van der Waals surface area (Å²) in [7, 11) is 0. The number of aliphatic hydroxyl groups is 1. The molecule has 0 aromatic heterocycles. The number of hydrogen-bond acceptors (Lipinski definition) is 5. The maximum absolute atomic E-state index is 11.8. The Bertz CT molecular complexity index is 493. The van der Waals surface area contributed by atoms with Gasteiger partial charge in [0.05, 0.1) is 0 Å². The molecule has 0 amide bonds. The number of carbonyl (C=O) groups excluding carboxylic acids is 2. The molecule has 5 nitrogen and oxygen atoms in total. The SMILES string of the molecule is CCCCCCCCCCCCCCC(=O)OC[C@@H](O)COC(=O)CCCCCCCCC(C)CC. The van der Waals surface area contributed by atoms with E-state index in [1.54, 1.807) is 0 Å². The van der Waals surface area contributed by atoms with Gasteiger partial charge in [-0.3, -0.25) is 9.59 Å². The van der Waals surface area contributed by atoms with Crippen LogP contribution in [0.3, 0.4) is 0 Å². The summed E-state index contributed by atoms with van der Waals surface area (Å²) in [4.78, 5) is 23.7. The number of unbranched alkanes of at least 4 members (excludes halogenated alkanes) is 16. The number of rotatable bonds is 27. The molecular formula is C31H60O5. The van der Waals surface area contributed by atoms with Crippen LogP contribution in [0, 0.1) is 5.92 Å². The van der Waals surface area contributed by atoms with Crippen LogP contribution >= 0.6 is 0 Å². The minimum absolute atomic E-state index is 0.110. The fourth-order valence-corrected chi connectivity index (χ4v) is 4.35. The second-order valence-electron chi connectivity index (χ2n) is 10.8. The van der Waals surface area contributed by atoms with E-state index in [0.29, 0.717) is 12.8 Å². The topological polar surface area (TPSA) is 72.8 Å². The number of ether oxygens (including phenoxy) is 2. The van der Waals surface area contributed by atoms with Crippen molar-refractivity contribution in [3.8, 4) is 0 Å². The van der Waals surface area contributed by atoms with E-state index in [-0.39, 0.29) is 25.2 Å². The fraction of sp³-hybridized carbons (Fsp3) is 0.935. The molecule has 0 aliphatic rings. The molecule has 0 aliphatic carbocycles. The van der Waals surface area contributed by atoms with Crippen molar-refractivity contribution < 1.29 is 24.2 Å². The number of aliphatic hydroxyl groups excluding tert-OH is 1. The Labute approximate surface area is 223 Å². The lowest BCUT2D eigenvalue weighted by atomic mass is 10.00. The normalized spacial score (nSPS) is 12.9. The Morgan fingerprint density at radius 1 is 0.583 bits per heavy atom. The van der Waals surface area contributed by atoms with E-state index >= 15 is 0 Å². The molecule has 36 heavy (non-hydrogen) atoms. The maximum atomic E-state index is 11.8. The lowest BCUT2D eigenvalue weighted by molar-refractivity contribution is -0.152. The zero-order valence-corrected chi connectivity index (χ0v) is 24.2. The van der Waals surface area contributed by atoms with E-state index < -0.39 is 6.10 Å². The molecule has 0 spiro atoms. The Kier molecular flexibility index (Phi) is 26.1. The highest BCUT2D eigenvalue weighted by Gasteiger charge is 2.12. The summed E-state index contributed by atoms with van der Waals surface area (Å²) < 4.78 is 10.2. The fourth-order valence-electron chi connectivity index (χ4n) is 4.35. The van der Waals surface area contributed by atoms with Crippen molar-refractivity contribution in [2.45, 2.75) is 168 Å². The van der Waals surface area contributed by atoms with Gasteiger partial charge in [-0.15, -0.1) is 0 Å². The van der Waals surface area contributed by atoms with E-state index in [4.69, 9.17) is 9.47 Å². The highest BCUT2D eigenvalue weighted by atomic mass is 16.6. The van der Waals surface area contributed by atoms with E-state index in [0.717, 1.165) is 38.0 Å². The number of esters is 2. The summed E-state index contributed by atoms with van der Waals surface area (Å²) >= 11 is 0. The number of carbonyl (C=O) groups is 2. The maximum Gasteiger partial charge on any atom is 0.305 e. The van der Waals surface area contributed by atoms with Gasteiger partial charge in [0, 0.05) is 12.8 Å². The van der Waals surface area contributed by atoms with Crippen LogP contribution in [-0.2, 0) is 19.1 Å². The highest BCUT2D eigenvalue weighted by Crippen LogP contribution is 2.15. The van der Waals surface area contributed by atoms with Crippen LogP contribution in [0.1, 0.15) is 162 Å². The quantitative estimate of drug-likeness (QED) is 0.0880. The molecule has 2 atom stereocenters. The molecule has 0 fully saturated rings. The summed E-state index contributed by atoms with van der Waals surface area (Å²) in [6, 6.07) is 0. The summed E-state index contributed by atoms with van der Waals surface area (Å²) in [6.45, 7) is 6.59. The molecule has 0 aliphatic heterocycles. The summed E-state index contributed by atoms with van der Waals surface area (Å²) in [5.41, 5.74) is 0. The zero-order chi connectivity index (χ0) is 26.7. The van der Waals surface area contributed by atoms with Crippen LogP contribution in [0.2, 0.25) is 0 Å². The van der Waals surface area contributed by atoms with Crippen molar-refractivity contribution in [3.63, 3.8) is 0 Å². The molecule has 0 saturated carbocycles. The van der Waals surface area contributed by atoms with E-state index in [1.807, 2.05) is 0 Å². The van der Waals surface area contributed by atoms with Gasteiger partial charge in [0.2, 0.25) is 0 Å². The Morgan fingerprint density at radius 2 is 0.944 bits per heavy atom. The molecule has 0 rings (SSSR count). The summed E-state index contributed by atoms with van der Waals surface area (Å²) in [5, 5.41) is 9.91. The lowest BCUT2D eigenvalue weighted by Gasteiger charge is -2.12. The van der Waals surface area contributed by atoms with Crippen molar-refractivity contribution in [2.75, 3.05) is 13.2 Å². The second-order valence-corrected chi connectivity index (χ2v) is 10.8. The van der Waals surface area contributed by atoms with E-state index in [1.165, 1.54) is 96.3 Å². The predicted octanol–water partition coefficient (Wildman–Crippen LogP) is 8.69. The Hall–Kier alpha value is -1.10. The van der Waals surface area contributed by atoms with E-state index in [9.17, 15) is 14.7 Å². The first kappa shape index (κ1) is 34.9. The van der Waals surface area contributed by atoms with Gasteiger partial charge < -0.3 is 14.6 Å². The average molecular weight is 513 g/mol. The summed E-state index contributed by atoms with van der Waals surface area (Å²) in [6.07, 6.45) is 24.3. The molecule has 214 valence electrons. The van der Waals surface area contributed by atoms with Gasteiger partial charge >= 0.3 is 11.9 Å². The lowest BCUT2D eigenvalue weighted by Crippen LogP contribution is -2.25. The largest absolute Gasteiger partial charge is 0.463 e. The van der Waals surface area contributed by atoms with Crippen molar-refractivity contribution in [2.24, 2.45) is 5.92 Å². The first-order valence-electron chi connectivity index (χ1n) is 15.5. The third-order valence-corrected chi connectivity index (χ3v) is 7.13. The van der Waals surface area contributed by atoms with Crippen molar-refractivity contribution in [3.05, 3.63) is 0 Å². The zero-order valence-electron chi connectivity index (χ0n) is 24.2. The monoisotopic (exact) mass is 512 g/mol. The van der Waals surface area contributed by atoms with Gasteiger partial charge in [0.1, 0.15) is 19.3 Å². The molecular weight excluding hydrogens is 452 g/mol. The molecule has 1 N–H and O–H groups in total. The molecule has 5 heteroatoms. The van der Waals surface area contributed by atoms with Crippen molar-refractivity contribution in [1.29, 1.82) is 0 Å². The minimum Gasteiger partial charge on any atom is -0.463 e. The Balaban J connectivity index is 3.44. The van der Waals surface area contributed by atoms with Crippen LogP contribution in [0.15, 0.2) is 0 Å². The first-order valence-corrected chi connectivity index (χ1v) is 15.5. The molecule has 0 radical (unpaired) electrons. The first-order chi connectivity index (χ1) is 17.5. The number of hydrogen-bond donors (Lipinski definition) is 1. The second kappa shape index (κ2) is 26.9. The van der Waals surface area contributed by atoms with Gasteiger partial charge in [-0.1, -0.05) is 136 Å². The Morgan fingerprint density at radius 3 is 1.33 bits per heavy atom. The smallest absolute Gasteiger partial charge is 0.305 e. The molecule has 1 unspecified atom stereocenters. The third kappa shape index (κ3) is 26.0. The highest BCUT2D eigenvalue weighted by molar-refractivity contribution is 5.69. The van der Waals surface area contributed by atoms with Gasteiger partial charge in [0.15, 0.2) is 0 Å². The van der Waals surface area contributed by atoms with Crippen LogP contribution in [0.4, 0.5) is 0 Å². The molecule has 0 saturated heterocycles. The van der Waals surface area contributed by atoms with E-state index in [2.05, 4.69) is 20.8 Å². The van der Waals surface area contributed by atoms with Gasteiger partial charge in [-0.2, -0.15) is 0 Å². The average Bonchev–Trinajstić information content (AvgIpc) is 2.88. The molecule has 0 heterocycles. The van der Waals surface area contributed by atoms with Gasteiger partial charge in [-0.25, -0.2) is 0 Å². The van der Waals surface area contributed by atoms with Crippen LogP contribution in [0.5, 0.6) is 0 Å². The van der Waals surface area contributed by atoms with Crippen LogP contribution in [-0.4, -0.2) is 36.4 Å². The summed E-state index contributed by atoms with van der Waals surface area (Å²) in [5.74, 6) is 0.267. The molecule has 0 aromatic rings. The standard InChI is InChI=1S/C31H60O5/c1-4-6-7-8-9-10-11-12-13-14-18-21-24-30(33)35-26-29(32)27-36-31(34)25-22-19-16-15-17-20-23-28(3)5-2/h28-29,32H,4-27H2,1-3H3/t28?,29-/m1/s1. The molecule has 0 bridgehead atoms. The van der Waals surface area contributed by atoms with Crippen molar-refractivity contribution in [1.82, 2.24) is 0 Å². The van der Waals surface area contributed by atoms with Gasteiger partial charge in [0.25, 0.3) is 0 Å². The third-order valence-electron chi connectivity index (χ3n) is 7.13. The van der Waals surface area contributed by atoms with Crippen LogP contribution in [0.25, 0.3) is 0 Å².